The van der Waals surface area contributed by atoms with Gasteiger partial charge in [0.25, 0.3) is 5.69 Å². The fourth-order valence-corrected chi connectivity index (χ4v) is 2.30. The highest BCUT2D eigenvalue weighted by Gasteiger charge is 2.29. The van der Waals surface area contributed by atoms with Gasteiger partial charge in [-0.3, -0.25) is 15.1 Å². The van der Waals surface area contributed by atoms with Crippen molar-refractivity contribution < 1.29 is 14.5 Å². The molecule has 0 saturated carbocycles. The molecule has 8 nitrogen and oxygen atoms in total. The Morgan fingerprint density at radius 3 is 2.83 bits per heavy atom. The summed E-state index contributed by atoms with van der Waals surface area (Å²) < 4.78 is 5.35. The number of hydrogen-bond donors (Lipinski definition) is 1. The lowest BCUT2D eigenvalue weighted by Gasteiger charge is -2.24. The van der Waals surface area contributed by atoms with Gasteiger partial charge in [-0.25, -0.2) is 4.79 Å². The zero-order valence-electron chi connectivity index (χ0n) is 13.6. The van der Waals surface area contributed by atoms with Crippen LogP contribution in [0, 0.1) is 10.1 Å². The Balaban J connectivity index is 1.79. The first-order valence-electron chi connectivity index (χ1n) is 7.55. The van der Waals surface area contributed by atoms with Gasteiger partial charge in [-0.05, 0) is 33.3 Å². The molecule has 1 aromatic rings. The van der Waals surface area contributed by atoms with E-state index < -0.39 is 10.5 Å². The zero-order valence-corrected chi connectivity index (χ0v) is 13.6. The maximum Gasteiger partial charge on any atom is 0.410 e. The summed E-state index contributed by atoms with van der Waals surface area (Å²) in [5.41, 5.74) is 0.211. The van der Waals surface area contributed by atoms with Gasteiger partial charge in [0.15, 0.2) is 0 Å². The Labute approximate surface area is 135 Å². The summed E-state index contributed by atoms with van der Waals surface area (Å²) in [5, 5.41) is 13.9. The SMILES string of the molecule is CC(C)(C)OC(=O)N1CC[C@H](NCc2ccc([N+](=O)[O-])cn2)C1. The number of carbonyl (C=O) groups is 1. The highest BCUT2D eigenvalue weighted by atomic mass is 16.6. The van der Waals surface area contributed by atoms with Crippen molar-refractivity contribution in [1.82, 2.24) is 15.2 Å². The minimum Gasteiger partial charge on any atom is -0.444 e. The van der Waals surface area contributed by atoms with Gasteiger partial charge in [0.05, 0.1) is 10.6 Å². The first-order chi connectivity index (χ1) is 10.7. The summed E-state index contributed by atoms with van der Waals surface area (Å²) in [6.45, 7) is 7.28. The molecule has 2 rings (SSSR count). The normalized spacial score (nSPS) is 18.0. The van der Waals surface area contributed by atoms with Crippen LogP contribution in [0.5, 0.6) is 0 Å². The number of nitrogens with zero attached hydrogens (tertiary/aromatic N) is 3. The molecule has 2 heterocycles. The second kappa shape index (κ2) is 6.91. The van der Waals surface area contributed by atoms with Gasteiger partial charge in [-0.15, -0.1) is 0 Å². The summed E-state index contributed by atoms with van der Waals surface area (Å²) in [6.07, 6.45) is 1.79. The van der Waals surface area contributed by atoms with Crippen LogP contribution in [-0.4, -0.2) is 45.6 Å². The fraction of sp³-hybridized carbons (Fsp3) is 0.600. The molecular formula is C15H22N4O4. The molecule has 1 saturated heterocycles. The largest absolute Gasteiger partial charge is 0.444 e. The molecule has 126 valence electrons. The lowest BCUT2D eigenvalue weighted by atomic mass is 10.2. The Hall–Kier alpha value is -2.22. The van der Waals surface area contributed by atoms with E-state index in [1.54, 1.807) is 11.0 Å². The highest BCUT2D eigenvalue weighted by molar-refractivity contribution is 5.68. The Morgan fingerprint density at radius 2 is 2.26 bits per heavy atom. The van der Waals surface area contributed by atoms with Crippen molar-refractivity contribution in [3.63, 3.8) is 0 Å². The molecule has 1 atom stereocenters. The molecule has 0 spiro atoms. The second-order valence-corrected chi connectivity index (χ2v) is 6.56. The summed E-state index contributed by atoms with van der Waals surface area (Å²) in [5.74, 6) is 0. The molecule has 8 heteroatoms. The van der Waals surface area contributed by atoms with E-state index >= 15 is 0 Å². The van der Waals surface area contributed by atoms with Crippen molar-refractivity contribution in [3.05, 3.63) is 34.1 Å². The highest BCUT2D eigenvalue weighted by Crippen LogP contribution is 2.16. The Morgan fingerprint density at radius 1 is 1.52 bits per heavy atom. The van der Waals surface area contributed by atoms with Gasteiger partial charge in [0.1, 0.15) is 11.8 Å². The first kappa shape index (κ1) is 17.1. The van der Waals surface area contributed by atoms with Crippen molar-refractivity contribution in [2.75, 3.05) is 13.1 Å². The molecule has 1 aliphatic heterocycles. The van der Waals surface area contributed by atoms with Crippen molar-refractivity contribution in [1.29, 1.82) is 0 Å². The molecular weight excluding hydrogens is 300 g/mol. The molecule has 1 aromatic heterocycles. The molecule has 0 bridgehead atoms. The van der Waals surface area contributed by atoms with E-state index in [-0.39, 0.29) is 17.8 Å². The molecule has 23 heavy (non-hydrogen) atoms. The Bertz CT molecular complexity index is 568. The molecule has 1 aliphatic rings. The number of nitro groups is 1. The first-order valence-corrected chi connectivity index (χ1v) is 7.55. The predicted octanol–water partition coefficient (Wildman–Crippen LogP) is 2.09. The maximum atomic E-state index is 12.0. The van der Waals surface area contributed by atoms with Crippen LogP contribution in [0.25, 0.3) is 0 Å². The second-order valence-electron chi connectivity index (χ2n) is 6.56. The lowest BCUT2D eigenvalue weighted by Crippen LogP contribution is -2.38. The van der Waals surface area contributed by atoms with Gasteiger partial charge in [0, 0.05) is 31.7 Å². The average Bonchev–Trinajstić information content (AvgIpc) is 2.93. The lowest BCUT2D eigenvalue weighted by molar-refractivity contribution is -0.385. The van der Waals surface area contributed by atoms with Crippen molar-refractivity contribution in [3.8, 4) is 0 Å². The summed E-state index contributed by atoms with van der Waals surface area (Å²) in [6, 6.07) is 3.23. The molecule has 1 N–H and O–H groups in total. The predicted molar refractivity (Wildman–Crippen MR) is 83.9 cm³/mol. The summed E-state index contributed by atoms with van der Waals surface area (Å²) in [7, 11) is 0. The van der Waals surface area contributed by atoms with Gasteiger partial charge in [0.2, 0.25) is 0 Å². The standard InChI is InChI=1S/C15H22N4O4/c1-15(2,3)23-14(20)18-7-6-12(10-18)16-8-11-4-5-13(9-17-11)19(21)22/h4-5,9,12,16H,6-8,10H2,1-3H3/t12-/m0/s1. The van der Waals surface area contributed by atoms with Gasteiger partial charge in [-0.2, -0.15) is 0 Å². The average molecular weight is 322 g/mol. The van der Waals surface area contributed by atoms with E-state index in [9.17, 15) is 14.9 Å². The molecule has 0 unspecified atom stereocenters. The van der Waals surface area contributed by atoms with Crippen LogP contribution in [0.3, 0.4) is 0 Å². The van der Waals surface area contributed by atoms with Crippen LogP contribution in [0.4, 0.5) is 10.5 Å². The van der Waals surface area contributed by atoms with E-state index in [2.05, 4.69) is 10.3 Å². The smallest absolute Gasteiger partial charge is 0.410 e. The molecule has 0 aliphatic carbocycles. The summed E-state index contributed by atoms with van der Waals surface area (Å²) in [4.78, 5) is 27.8. The van der Waals surface area contributed by atoms with Gasteiger partial charge < -0.3 is 15.0 Å². The van der Waals surface area contributed by atoms with Crippen LogP contribution < -0.4 is 5.32 Å². The Kier molecular flexibility index (Phi) is 5.15. The number of nitrogens with one attached hydrogen (secondary N) is 1. The molecule has 1 fully saturated rings. The van der Waals surface area contributed by atoms with Crippen molar-refractivity contribution in [2.45, 2.75) is 45.4 Å². The number of amides is 1. The number of carbonyl (C=O) groups excluding carboxylic acids is 1. The van der Waals surface area contributed by atoms with E-state index in [1.165, 1.54) is 12.3 Å². The minimum atomic E-state index is -0.495. The van der Waals surface area contributed by atoms with E-state index in [4.69, 9.17) is 4.74 Å². The van der Waals surface area contributed by atoms with Crippen LogP contribution in [0.1, 0.15) is 32.9 Å². The number of hydrogen-bond acceptors (Lipinski definition) is 6. The van der Waals surface area contributed by atoms with Crippen LogP contribution >= 0.6 is 0 Å². The van der Waals surface area contributed by atoms with Gasteiger partial charge >= 0.3 is 6.09 Å². The van der Waals surface area contributed by atoms with Crippen molar-refractivity contribution in [2.24, 2.45) is 0 Å². The third kappa shape index (κ3) is 5.17. The molecule has 1 amide bonds. The number of likely N-dealkylation sites (tertiary alicyclic amines) is 1. The topological polar surface area (TPSA) is 97.6 Å². The zero-order chi connectivity index (χ0) is 17.0. The van der Waals surface area contributed by atoms with E-state index in [1.807, 2.05) is 20.8 Å². The van der Waals surface area contributed by atoms with Crippen LogP contribution in [0.2, 0.25) is 0 Å². The van der Waals surface area contributed by atoms with Crippen molar-refractivity contribution >= 4 is 11.8 Å². The van der Waals surface area contributed by atoms with E-state index in [0.717, 1.165) is 12.1 Å². The molecule has 0 aromatic carbocycles. The van der Waals surface area contributed by atoms with Crippen LogP contribution in [0.15, 0.2) is 18.3 Å². The monoisotopic (exact) mass is 322 g/mol. The van der Waals surface area contributed by atoms with E-state index in [0.29, 0.717) is 19.6 Å². The molecule has 0 radical (unpaired) electrons. The number of pyridine rings is 1. The van der Waals surface area contributed by atoms with Crippen LogP contribution in [-0.2, 0) is 11.3 Å². The maximum absolute atomic E-state index is 12.0. The minimum absolute atomic E-state index is 0.0225. The number of rotatable bonds is 4. The fourth-order valence-electron chi connectivity index (χ4n) is 2.30. The quantitative estimate of drug-likeness (QED) is 0.673. The third-order valence-electron chi connectivity index (χ3n) is 3.43. The number of ether oxygens (including phenoxy) is 1. The summed E-state index contributed by atoms with van der Waals surface area (Å²) >= 11 is 0. The third-order valence-corrected chi connectivity index (χ3v) is 3.43. The van der Waals surface area contributed by atoms with Gasteiger partial charge in [-0.1, -0.05) is 0 Å². The number of aromatic nitrogens is 1.